The number of hydrogen-bond acceptors (Lipinski definition) is 3. The quantitative estimate of drug-likeness (QED) is 0.737. The summed E-state index contributed by atoms with van der Waals surface area (Å²) in [5.74, 6) is 0.0796. The summed E-state index contributed by atoms with van der Waals surface area (Å²) in [7, 11) is 0. The van der Waals surface area contributed by atoms with E-state index in [1.54, 1.807) is 4.90 Å². The zero-order valence-electron chi connectivity index (χ0n) is 9.61. The van der Waals surface area contributed by atoms with Gasteiger partial charge in [0.2, 0.25) is 0 Å². The summed E-state index contributed by atoms with van der Waals surface area (Å²) >= 11 is 0. The standard InChI is InChI=1S/C11H21NO3/c1-9(2)12(6-4-7-13)11(14)10-5-3-8-15-10/h9-10,13H,3-8H2,1-2H3/t10-/m0/s1. The van der Waals surface area contributed by atoms with Crippen LogP contribution in [0.15, 0.2) is 0 Å². The van der Waals surface area contributed by atoms with E-state index in [0.717, 1.165) is 12.8 Å². The van der Waals surface area contributed by atoms with Crippen molar-refractivity contribution in [2.45, 2.75) is 45.3 Å². The van der Waals surface area contributed by atoms with Crippen LogP contribution < -0.4 is 0 Å². The maximum Gasteiger partial charge on any atom is 0.251 e. The fourth-order valence-corrected chi connectivity index (χ4v) is 1.82. The van der Waals surface area contributed by atoms with Crippen LogP contribution in [-0.4, -0.2) is 47.8 Å². The van der Waals surface area contributed by atoms with E-state index in [0.29, 0.717) is 19.6 Å². The van der Waals surface area contributed by atoms with Gasteiger partial charge >= 0.3 is 0 Å². The molecule has 0 aliphatic carbocycles. The Hall–Kier alpha value is -0.610. The molecule has 0 unspecified atom stereocenters. The first kappa shape index (κ1) is 12.5. The topological polar surface area (TPSA) is 49.8 Å². The highest BCUT2D eigenvalue weighted by molar-refractivity contribution is 5.81. The molecule has 0 bridgehead atoms. The highest BCUT2D eigenvalue weighted by Crippen LogP contribution is 2.16. The Bertz CT molecular complexity index is 200. The minimum absolute atomic E-state index is 0.0796. The van der Waals surface area contributed by atoms with Crippen molar-refractivity contribution in [3.05, 3.63) is 0 Å². The van der Waals surface area contributed by atoms with E-state index in [1.165, 1.54) is 0 Å². The molecule has 0 aromatic rings. The average Bonchev–Trinajstić information content (AvgIpc) is 2.70. The van der Waals surface area contributed by atoms with E-state index in [1.807, 2.05) is 13.8 Å². The molecule has 88 valence electrons. The summed E-state index contributed by atoms with van der Waals surface area (Å²) in [6, 6.07) is 0.174. The predicted molar refractivity (Wildman–Crippen MR) is 57.5 cm³/mol. The molecule has 1 atom stereocenters. The summed E-state index contributed by atoms with van der Waals surface area (Å²) in [4.78, 5) is 13.8. The van der Waals surface area contributed by atoms with Crippen LogP contribution in [0.3, 0.4) is 0 Å². The van der Waals surface area contributed by atoms with Gasteiger partial charge in [-0.15, -0.1) is 0 Å². The molecule has 1 N–H and O–H groups in total. The molecule has 1 aliphatic rings. The summed E-state index contributed by atoms with van der Waals surface area (Å²) in [6.45, 7) is 5.42. The molecule has 1 rings (SSSR count). The van der Waals surface area contributed by atoms with Crippen molar-refractivity contribution >= 4 is 5.91 Å². The number of carbonyl (C=O) groups is 1. The van der Waals surface area contributed by atoms with E-state index in [9.17, 15) is 4.79 Å². The zero-order chi connectivity index (χ0) is 11.3. The second kappa shape index (κ2) is 6.08. The summed E-state index contributed by atoms with van der Waals surface area (Å²) < 4.78 is 5.37. The molecular formula is C11H21NO3. The van der Waals surface area contributed by atoms with Gasteiger partial charge < -0.3 is 14.7 Å². The molecule has 1 aliphatic heterocycles. The van der Waals surface area contributed by atoms with Crippen molar-refractivity contribution in [1.82, 2.24) is 4.90 Å². The van der Waals surface area contributed by atoms with E-state index < -0.39 is 0 Å². The highest BCUT2D eigenvalue weighted by Gasteiger charge is 2.29. The molecule has 4 nitrogen and oxygen atoms in total. The maximum atomic E-state index is 12.0. The van der Waals surface area contributed by atoms with Gasteiger partial charge in [-0.05, 0) is 33.1 Å². The van der Waals surface area contributed by atoms with Gasteiger partial charge in [-0.3, -0.25) is 4.79 Å². The minimum atomic E-state index is -0.244. The molecule has 1 heterocycles. The molecule has 4 heteroatoms. The molecule has 15 heavy (non-hydrogen) atoms. The Balaban J connectivity index is 2.49. The summed E-state index contributed by atoms with van der Waals surface area (Å²) in [6.07, 6.45) is 2.20. The molecule has 0 aromatic carbocycles. The maximum absolute atomic E-state index is 12.0. The Morgan fingerprint density at radius 1 is 1.60 bits per heavy atom. The van der Waals surface area contributed by atoms with Gasteiger partial charge in [0.25, 0.3) is 5.91 Å². The molecule has 0 spiro atoms. The number of amides is 1. The lowest BCUT2D eigenvalue weighted by Crippen LogP contribution is -2.43. The molecule has 1 amide bonds. The number of hydrogen-bond donors (Lipinski definition) is 1. The SMILES string of the molecule is CC(C)N(CCCO)C(=O)[C@@H]1CCCO1. The lowest BCUT2D eigenvalue weighted by Gasteiger charge is -2.28. The fraction of sp³-hybridized carbons (Fsp3) is 0.909. The monoisotopic (exact) mass is 215 g/mol. The number of nitrogens with zero attached hydrogens (tertiary/aromatic N) is 1. The molecule has 0 saturated carbocycles. The van der Waals surface area contributed by atoms with Gasteiger partial charge in [0, 0.05) is 25.8 Å². The molecule has 1 saturated heterocycles. The lowest BCUT2D eigenvalue weighted by molar-refractivity contribution is -0.142. The second-order valence-electron chi connectivity index (χ2n) is 4.20. The summed E-state index contributed by atoms with van der Waals surface area (Å²) in [5.41, 5.74) is 0. The van der Waals surface area contributed by atoms with Crippen LogP contribution in [0.1, 0.15) is 33.1 Å². The van der Waals surface area contributed by atoms with Crippen LogP contribution >= 0.6 is 0 Å². The Morgan fingerprint density at radius 2 is 2.33 bits per heavy atom. The van der Waals surface area contributed by atoms with Gasteiger partial charge in [0.05, 0.1) is 0 Å². The van der Waals surface area contributed by atoms with Crippen molar-refractivity contribution in [3.63, 3.8) is 0 Å². The van der Waals surface area contributed by atoms with Gasteiger partial charge in [-0.2, -0.15) is 0 Å². The number of ether oxygens (including phenoxy) is 1. The van der Waals surface area contributed by atoms with E-state index in [-0.39, 0.29) is 24.7 Å². The van der Waals surface area contributed by atoms with Crippen LogP contribution in [-0.2, 0) is 9.53 Å². The predicted octanol–water partition coefficient (Wildman–Crippen LogP) is 0.785. The Kier molecular flexibility index (Phi) is 5.05. The van der Waals surface area contributed by atoms with Gasteiger partial charge in [0.15, 0.2) is 0 Å². The number of aliphatic hydroxyl groups excluding tert-OH is 1. The number of aliphatic hydroxyl groups is 1. The van der Waals surface area contributed by atoms with E-state index in [4.69, 9.17) is 9.84 Å². The van der Waals surface area contributed by atoms with Crippen molar-refractivity contribution in [2.24, 2.45) is 0 Å². The first-order chi connectivity index (χ1) is 7.16. The van der Waals surface area contributed by atoms with Gasteiger partial charge in [0.1, 0.15) is 6.10 Å². The van der Waals surface area contributed by atoms with Crippen LogP contribution in [0.5, 0.6) is 0 Å². The van der Waals surface area contributed by atoms with Crippen LogP contribution in [0.4, 0.5) is 0 Å². The first-order valence-corrected chi connectivity index (χ1v) is 5.69. The lowest BCUT2D eigenvalue weighted by atomic mass is 10.2. The molecule has 0 radical (unpaired) electrons. The largest absolute Gasteiger partial charge is 0.396 e. The normalized spacial score (nSPS) is 20.9. The van der Waals surface area contributed by atoms with Crippen molar-refractivity contribution < 1.29 is 14.6 Å². The first-order valence-electron chi connectivity index (χ1n) is 5.69. The number of rotatable bonds is 5. The molecule has 0 aromatic heterocycles. The van der Waals surface area contributed by atoms with E-state index >= 15 is 0 Å². The van der Waals surface area contributed by atoms with Crippen LogP contribution in [0.2, 0.25) is 0 Å². The van der Waals surface area contributed by atoms with Gasteiger partial charge in [-0.25, -0.2) is 0 Å². The smallest absolute Gasteiger partial charge is 0.251 e. The third-order valence-electron chi connectivity index (χ3n) is 2.67. The average molecular weight is 215 g/mol. The third kappa shape index (κ3) is 3.47. The van der Waals surface area contributed by atoms with Crippen LogP contribution in [0.25, 0.3) is 0 Å². The minimum Gasteiger partial charge on any atom is -0.396 e. The van der Waals surface area contributed by atoms with Crippen molar-refractivity contribution in [2.75, 3.05) is 19.8 Å². The summed E-state index contributed by atoms with van der Waals surface area (Å²) in [5, 5.41) is 8.77. The molecule has 1 fully saturated rings. The molecular weight excluding hydrogens is 194 g/mol. The number of carbonyl (C=O) groups excluding carboxylic acids is 1. The van der Waals surface area contributed by atoms with Crippen molar-refractivity contribution in [1.29, 1.82) is 0 Å². The third-order valence-corrected chi connectivity index (χ3v) is 2.67. The zero-order valence-corrected chi connectivity index (χ0v) is 9.61. The van der Waals surface area contributed by atoms with Gasteiger partial charge in [-0.1, -0.05) is 0 Å². The van der Waals surface area contributed by atoms with Crippen LogP contribution in [0, 0.1) is 0 Å². The Morgan fingerprint density at radius 3 is 2.80 bits per heavy atom. The van der Waals surface area contributed by atoms with E-state index in [2.05, 4.69) is 0 Å². The fourth-order valence-electron chi connectivity index (χ4n) is 1.82. The Labute approximate surface area is 91.2 Å². The van der Waals surface area contributed by atoms with Crippen molar-refractivity contribution in [3.8, 4) is 0 Å². The highest BCUT2D eigenvalue weighted by atomic mass is 16.5. The second-order valence-corrected chi connectivity index (χ2v) is 4.20.